The molecule has 4 rings (SSSR count). The van der Waals surface area contributed by atoms with Crippen molar-refractivity contribution in [2.24, 2.45) is 14.1 Å². The topological polar surface area (TPSA) is 35.9 Å². The third-order valence-corrected chi connectivity index (χ3v) is 6.03. The number of hydrogen-bond donors (Lipinski definition) is 0. The molecule has 0 fully saturated rings. The Morgan fingerprint density at radius 2 is 1.59 bits per heavy atom. The second-order valence-electron chi connectivity index (χ2n) is 9.04. The van der Waals surface area contributed by atoms with Gasteiger partial charge in [0.2, 0.25) is 5.82 Å². The molecule has 2 heterocycles. The second kappa shape index (κ2) is 8.65. The molecule has 166 valence electrons. The van der Waals surface area contributed by atoms with Crippen LogP contribution in [0.15, 0.2) is 61.1 Å². The molecule has 0 radical (unpaired) electrons. The third-order valence-electron chi connectivity index (χ3n) is 6.03. The van der Waals surface area contributed by atoms with Gasteiger partial charge in [-0.3, -0.25) is 0 Å². The van der Waals surface area contributed by atoms with Gasteiger partial charge in [0.25, 0.3) is 0 Å². The first-order chi connectivity index (χ1) is 15.3. The molecule has 0 atom stereocenters. The molecule has 32 heavy (non-hydrogen) atoms. The van der Waals surface area contributed by atoms with Crippen molar-refractivity contribution >= 4 is 0 Å². The number of nitrogens with zero attached hydrogens (tertiary/aromatic N) is 4. The molecule has 0 aliphatic heterocycles. The van der Waals surface area contributed by atoms with Gasteiger partial charge in [0.05, 0.1) is 7.05 Å². The summed E-state index contributed by atoms with van der Waals surface area (Å²) in [5.74, 6) is 4.26. The van der Waals surface area contributed by atoms with Gasteiger partial charge in [-0.15, -0.1) is 0 Å². The summed E-state index contributed by atoms with van der Waals surface area (Å²) in [6.07, 6.45) is 5.92. The molecule has 2 aromatic carbocycles. The first-order valence-electron chi connectivity index (χ1n) is 11.2. The minimum Gasteiger partial charge on any atom is -0.420 e. The van der Waals surface area contributed by atoms with Crippen LogP contribution in [0.3, 0.4) is 0 Å². The highest BCUT2D eigenvalue weighted by Crippen LogP contribution is 2.35. The molecule has 0 unspecified atom stereocenters. The fraction of sp³-hybridized carbons (Fsp3) is 0.333. The molecule has 0 amide bonds. The molecule has 0 aliphatic rings. The van der Waals surface area contributed by atoms with Crippen LogP contribution in [0.5, 0.6) is 11.6 Å². The Hall–Kier alpha value is -3.34. The van der Waals surface area contributed by atoms with Crippen LogP contribution in [-0.4, -0.2) is 14.1 Å². The van der Waals surface area contributed by atoms with Crippen LogP contribution in [0, 0.1) is 6.92 Å². The van der Waals surface area contributed by atoms with Gasteiger partial charge < -0.3 is 9.30 Å². The van der Waals surface area contributed by atoms with Gasteiger partial charge in [-0.2, -0.15) is 9.13 Å². The summed E-state index contributed by atoms with van der Waals surface area (Å²) in [4.78, 5) is 4.69. The average Bonchev–Trinajstić information content (AvgIpc) is 3.31. The van der Waals surface area contributed by atoms with Gasteiger partial charge >= 0.3 is 11.7 Å². The Kier molecular flexibility index (Phi) is 5.92. The highest BCUT2D eigenvalue weighted by Gasteiger charge is 2.32. The van der Waals surface area contributed by atoms with Crippen molar-refractivity contribution in [3.8, 4) is 29.0 Å². The van der Waals surface area contributed by atoms with Crippen LogP contribution in [0.25, 0.3) is 17.3 Å². The van der Waals surface area contributed by atoms with E-state index < -0.39 is 0 Å². The normalized spacial score (nSPS) is 11.5. The van der Waals surface area contributed by atoms with E-state index in [0.717, 1.165) is 28.8 Å². The summed E-state index contributed by atoms with van der Waals surface area (Å²) in [5.41, 5.74) is 4.93. The molecule has 0 spiro atoms. The molecular formula is C27H33N4O+. The maximum absolute atomic E-state index is 6.43. The fourth-order valence-corrected chi connectivity index (χ4v) is 4.20. The number of para-hydroxylation sites is 2. The van der Waals surface area contributed by atoms with E-state index >= 15 is 0 Å². The fourth-order valence-electron chi connectivity index (χ4n) is 4.20. The van der Waals surface area contributed by atoms with Crippen molar-refractivity contribution in [3.05, 3.63) is 77.7 Å². The maximum atomic E-state index is 6.43. The lowest BCUT2D eigenvalue weighted by atomic mass is 9.92. The number of rotatable bonds is 6. The van der Waals surface area contributed by atoms with Crippen LogP contribution >= 0.6 is 0 Å². The number of imidazole rings is 2. The third kappa shape index (κ3) is 3.83. The van der Waals surface area contributed by atoms with Crippen molar-refractivity contribution in [2.45, 2.75) is 46.5 Å². The van der Waals surface area contributed by atoms with Gasteiger partial charge in [0, 0.05) is 30.6 Å². The lowest BCUT2D eigenvalue weighted by Gasteiger charge is -2.17. The highest BCUT2D eigenvalue weighted by molar-refractivity contribution is 5.57. The molecule has 0 N–H and O–H groups in total. The summed E-state index contributed by atoms with van der Waals surface area (Å²) in [6, 6.07) is 14.7. The van der Waals surface area contributed by atoms with Gasteiger partial charge in [-0.25, -0.2) is 4.98 Å². The standard InChI is InChI=1S/C27H33N4O/c1-18(2)21-12-10-13-22(19(3)4)25(21)31-17-24(32-23-14-9-8-11-20(23)5)30(7)27(31)26-28-15-16-29(26)6/h8-19H,1-7H3/q+1. The van der Waals surface area contributed by atoms with E-state index in [1.54, 1.807) is 0 Å². The molecule has 0 bridgehead atoms. The highest BCUT2D eigenvalue weighted by atomic mass is 16.5. The summed E-state index contributed by atoms with van der Waals surface area (Å²) in [7, 11) is 4.07. The first kappa shape index (κ1) is 21.9. The van der Waals surface area contributed by atoms with Crippen LogP contribution in [0.4, 0.5) is 0 Å². The predicted molar refractivity (Wildman–Crippen MR) is 129 cm³/mol. The van der Waals surface area contributed by atoms with E-state index in [0.29, 0.717) is 11.8 Å². The van der Waals surface area contributed by atoms with Gasteiger partial charge in [-0.05, 0) is 30.4 Å². The van der Waals surface area contributed by atoms with Crippen LogP contribution < -0.4 is 9.30 Å². The molecule has 0 aliphatic carbocycles. The average molecular weight is 430 g/mol. The molecule has 2 aromatic heterocycles. The Morgan fingerprint density at radius 1 is 0.938 bits per heavy atom. The summed E-state index contributed by atoms with van der Waals surface area (Å²) in [5, 5.41) is 0. The van der Waals surface area contributed by atoms with Crippen molar-refractivity contribution in [1.29, 1.82) is 0 Å². The zero-order valence-electron chi connectivity index (χ0n) is 20.1. The molecule has 4 aromatic rings. The Bertz CT molecular complexity index is 1220. The van der Waals surface area contributed by atoms with Crippen LogP contribution in [-0.2, 0) is 14.1 Å². The SMILES string of the molecule is Cc1ccccc1Oc1cn(-c2c(C(C)C)cccc2C(C)C)c(-c2nccn2C)[n+]1C. The van der Waals surface area contributed by atoms with Crippen LogP contribution in [0.2, 0.25) is 0 Å². The van der Waals surface area contributed by atoms with E-state index in [1.165, 1.54) is 16.8 Å². The predicted octanol–water partition coefficient (Wildman–Crippen LogP) is 6.05. The largest absolute Gasteiger partial charge is 0.420 e. The monoisotopic (exact) mass is 429 g/mol. The Morgan fingerprint density at radius 3 is 2.16 bits per heavy atom. The zero-order chi connectivity index (χ0) is 23.0. The lowest BCUT2D eigenvalue weighted by Crippen LogP contribution is -2.32. The van der Waals surface area contributed by atoms with E-state index in [2.05, 4.69) is 83.8 Å². The second-order valence-corrected chi connectivity index (χ2v) is 9.04. The van der Waals surface area contributed by atoms with Crippen molar-refractivity contribution in [2.75, 3.05) is 0 Å². The van der Waals surface area contributed by atoms with Gasteiger partial charge in [0.15, 0.2) is 6.20 Å². The number of aryl methyl sites for hydroxylation is 2. The zero-order valence-corrected chi connectivity index (χ0v) is 20.1. The number of benzene rings is 2. The molecule has 5 nitrogen and oxygen atoms in total. The van der Waals surface area contributed by atoms with Gasteiger partial charge in [0.1, 0.15) is 11.4 Å². The van der Waals surface area contributed by atoms with E-state index in [4.69, 9.17) is 4.74 Å². The lowest BCUT2D eigenvalue weighted by molar-refractivity contribution is -0.664. The van der Waals surface area contributed by atoms with Gasteiger partial charge in [-0.1, -0.05) is 64.1 Å². The molecule has 0 saturated heterocycles. The minimum atomic E-state index is 0.381. The summed E-state index contributed by atoms with van der Waals surface area (Å²) in [6.45, 7) is 11.1. The van der Waals surface area contributed by atoms with Crippen molar-refractivity contribution < 1.29 is 9.30 Å². The van der Waals surface area contributed by atoms with Crippen LogP contribution in [0.1, 0.15) is 56.2 Å². The quantitative estimate of drug-likeness (QED) is 0.350. The first-order valence-corrected chi connectivity index (χ1v) is 11.2. The summed E-state index contributed by atoms with van der Waals surface area (Å²) >= 11 is 0. The number of aromatic nitrogens is 4. The molecule has 5 heteroatoms. The summed E-state index contributed by atoms with van der Waals surface area (Å²) < 4.78 is 12.8. The van der Waals surface area contributed by atoms with Crippen molar-refractivity contribution in [1.82, 2.24) is 14.1 Å². The number of hydrogen-bond acceptors (Lipinski definition) is 2. The molecule has 0 saturated carbocycles. The van der Waals surface area contributed by atoms with Crippen molar-refractivity contribution in [3.63, 3.8) is 0 Å². The Balaban J connectivity index is 2.01. The number of ether oxygens (including phenoxy) is 1. The van der Waals surface area contributed by atoms with E-state index in [9.17, 15) is 0 Å². The Labute approximate surface area is 190 Å². The molecular weight excluding hydrogens is 396 g/mol. The minimum absolute atomic E-state index is 0.381. The maximum Gasteiger partial charge on any atom is 0.333 e. The van der Waals surface area contributed by atoms with E-state index in [1.807, 2.05) is 44.7 Å². The smallest absolute Gasteiger partial charge is 0.333 e. The van der Waals surface area contributed by atoms with E-state index in [-0.39, 0.29) is 0 Å².